The van der Waals surface area contributed by atoms with E-state index in [0.29, 0.717) is 13.1 Å². The van der Waals surface area contributed by atoms with Crippen LogP contribution in [-0.2, 0) is 4.79 Å². The highest BCUT2D eigenvalue weighted by molar-refractivity contribution is 5.96. The second-order valence-corrected chi connectivity index (χ2v) is 3.99. The topological polar surface area (TPSA) is 110 Å². The van der Waals surface area contributed by atoms with Gasteiger partial charge in [-0.25, -0.2) is 9.97 Å². The molecule has 0 saturated carbocycles. The van der Waals surface area contributed by atoms with Crippen molar-refractivity contribution in [1.82, 2.24) is 20.6 Å². The van der Waals surface area contributed by atoms with E-state index < -0.39 is 5.91 Å². The number of carbonyl (C=O) groups excluding carboxylic acids is 2. The van der Waals surface area contributed by atoms with Crippen molar-refractivity contribution < 1.29 is 9.59 Å². The fraction of sp³-hybridized carbons (Fsp3) is 0.455. The van der Waals surface area contributed by atoms with Crippen molar-refractivity contribution in [2.75, 3.05) is 18.8 Å². The molecule has 1 rings (SSSR count). The molecule has 7 nitrogen and oxygen atoms in total. The van der Waals surface area contributed by atoms with E-state index in [4.69, 9.17) is 5.73 Å². The molecule has 0 aromatic carbocycles. The number of carbonyl (C=O) groups is 2. The lowest BCUT2D eigenvalue weighted by Gasteiger charge is -2.08. The molecule has 0 fully saturated rings. The standard InChI is InChI=1S/C11H17N5O2/c1-7(2)10(17)15-5-6-16-11(18)8-9(12)14-4-3-13-8/h3-4,7H,5-6H2,1-2H3,(H2,12,14)(H,15,17)(H,16,18). The quantitative estimate of drug-likeness (QED) is 0.614. The highest BCUT2D eigenvalue weighted by Crippen LogP contribution is 2.01. The van der Waals surface area contributed by atoms with Crippen LogP contribution in [0.25, 0.3) is 0 Å². The lowest BCUT2D eigenvalue weighted by Crippen LogP contribution is -2.36. The van der Waals surface area contributed by atoms with E-state index in [1.807, 2.05) is 0 Å². The van der Waals surface area contributed by atoms with Crippen molar-refractivity contribution in [3.63, 3.8) is 0 Å². The van der Waals surface area contributed by atoms with Gasteiger partial charge in [0.2, 0.25) is 5.91 Å². The zero-order valence-corrected chi connectivity index (χ0v) is 10.4. The van der Waals surface area contributed by atoms with E-state index in [1.54, 1.807) is 13.8 Å². The molecule has 0 spiro atoms. The first-order valence-electron chi connectivity index (χ1n) is 5.64. The molecule has 0 atom stereocenters. The van der Waals surface area contributed by atoms with Gasteiger partial charge in [0.1, 0.15) is 0 Å². The molecule has 0 aliphatic rings. The Morgan fingerprint density at radius 3 is 2.44 bits per heavy atom. The third-order valence-corrected chi connectivity index (χ3v) is 2.18. The van der Waals surface area contributed by atoms with Crippen LogP contribution in [0.1, 0.15) is 24.3 Å². The van der Waals surface area contributed by atoms with Crippen molar-refractivity contribution >= 4 is 17.6 Å². The van der Waals surface area contributed by atoms with Crippen molar-refractivity contribution in [3.05, 3.63) is 18.1 Å². The summed E-state index contributed by atoms with van der Waals surface area (Å²) in [6.45, 7) is 4.28. The number of nitrogens with zero attached hydrogens (tertiary/aromatic N) is 2. The van der Waals surface area contributed by atoms with Gasteiger partial charge in [-0.1, -0.05) is 13.8 Å². The molecule has 1 heterocycles. The van der Waals surface area contributed by atoms with Crippen molar-refractivity contribution in [2.24, 2.45) is 5.92 Å². The summed E-state index contributed by atoms with van der Waals surface area (Å²) in [6.07, 6.45) is 2.81. The normalized spacial score (nSPS) is 10.2. The van der Waals surface area contributed by atoms with Gasteiger partial charge in [0.05, 0.1) is 0 Å². The molecular formula is C11H17N5O2. The minimum absolute atomic E-state index is 0.0525. The first kappa shape index (κ1) is 13.9. The fourth-order valence-corrected chi connectivity index (χ4v) is 1.17. The maximum atomic E-state index is 11.6. The average molecular weight is 251 g/mol. The number of aromatic nitrogens is 2. The highest BCUT2D eigenvalue weighted by atomic mass is 16.2. The fourth-order valence-electron chi connectivity index (χ4n) is 1.17. The SMILES string of the molecule is CC(C)C(=O)NCCNC(=O)c1nccnc1N. The lowest BCUT2D eigenvalue weighted by molar-refractivity contribution is -0.123. The molecule has 1 aromatic rings. The maximum absolute atomic E-state index is 11.6. The summed E-state index contributed by atoms with van der Waals surface area (Å²) >= 11 is 0. The average Bonchev–Trinajstić information content (AvgIpc) is 2.34. The Kier molecular flexibility index (Phi) is 5.04. The van der Waals surface area contributed by atoms with Crippen molar-refractivity contribution in [2.45, 2.75) is 13.8 Å². The van der Waals surface area contributed by atoms with Crippen LogP contribution < -0.4 is 16.4 Å². The van der Waals surface area contributed by atoms with Crippen LogP contribution in [0.4, 0.5) is 5.82 Å². The Morgan fingerprint density at radius 2 is 1.83 bits per heavy atom. The van der Waals surface area contributed by atoms with E-state index in [1.165, 1.54) is 12.4 Å². The summed E-state index contributed by atoms with van der Waals surface area (Å²) < 4.78 is 0. The number of hydrogen-bond acceptors (Lipinski definition) is 5. The van der Waals surface area contributed by atoms with E-state index in [0.717, 1.165) is 0 Å². The van der Waals surface area contributed by atoms with Gasteiger partial charge >= 0.3 is 0 Å². The van der Waals surface area contributed by atoms with Crippen LogP contribution in [0.5, 0.6) is 0 Å². The minimum atomic E-state index is -0.403. The summed E-state index contributed by atoms with van der Waals surface area (Å²) in [6, 6.07) is 0. The molecule has 0 saturated heterocycles. The van der Waals surface area contributed by atoms with E-state index >= 15 is 0 Å². The van der Waals surface area contributed by atoms with Crippen LogP contribution in [0, 0.1) is 5.92 Å². The van der Waals surface area contributed by atoms with Crippen LogP contribution >= 0.6 is 0 Å². The third kappa shape index (κ3) is 4.00. The second kappa shape index (κ2) is 6.53. The summed E-state index contributed by atoms with van der Waals surface area (Å²) in [4.78, 5) is 30.5. The molecule has 18 heavy (non-hydrogen) atoms. The second-order valence-electron chi connectivity index (χ2n) is 3.99. The molecule has 0 aliphatic carbocycles. The minimum Gasteiger partial charge on any atom is -0.382 e. The predicted octanol–water partition coefficient (Wildman–Crippen LogP) is -0.439. The molecule has 4 N–H and O–H groups in total. The van der Waals surface area contributed by atoms with Crippen LogP contribution in [0.2, 0.25) is 0 Å². The smallest absolute Gasteiger partial charge is 0.273 e. The highest BCUT2D eigenvalue weighted by Gasteiger charge is 2.11. The van der Waals surface area contributed by atoms with Gasteiger partial charge in [0.25, 0.3) is 5.91 Å². The first-order chi connectivity index (χ1) is 8.52. The van der Waals surface area contributed by atoms with Gasteiger partial charge < -0.3 is 16.4 Å². The molecule has 7 heteroatoms. The van der Waals surface area contributed by atoms with Crippen molar-refractivity contribution in [1.29, 1.82) is 0 Å². The van der Waals surface area contributed by atoms with Crippen LogP contribution in [0.15, 0.2) is 12.4 Å². The molecule has 0 radical (unpaired) electrons. The number of anilines is 1. The molecule has 0 bridgehead atoms. The van der Waals surface area contributed by atoms with Crippen molar-refractivity contribution in [3.8, 4) is 0 Å². The number of rotatable bonds is 5. The Hall–Kier alpha value is -2.18. The van der Waals surface area contributed by atoms with Crippen LogP contribution in [0.3, 0.4) is 0 Å². The molecule has 0 unspecified atom stereocenters. The Labute approximate surface area is 105 Å². The molecule has 0 aliphatic heterocycles. The van der Waals surface area contributed by atoms with Gasteiger partial charge in [0.15, 0.2) is 11.5 Å². The summed E-state index contributed by atoms with van der Waals surface area (Å²) in [7, 11) is 0. The number of nitrogens with one attached hydrogen (secondary N) is 2. The van der Waals surface area contributed by atoms with E-state index in [-0.39, 0.29) is 23.3 Å². The van der Waals surface area contributed by atoms with Gasteiger partial charge in [-0.05, 0) is 0 Å². The Balaban J connectivity index is 2.35. The lowest BCUT2D eigenvalue weighted by atomic mass is 10.2. The maximum Gasteiger partial charge on any atom is 0.273 e. The number of hydrogen-bond donors (Lipinski definition) is 3. The summed E-state index contributed by atoms with van der Waals surface area (Å²) in [5, 5.41) is 5.28. The van der Waals surface area contributed by atoms with Crippen LogP contribution in [-0.4, -0.2) is 34.9 Å². The molecule has 1 aromatic heterocycles. The van der Waals surface area contributed by atoms with Gasteiger partial charge in [-0.3, -0.25) is 9.59 Å². The molecule has 2 amide bonds. The van der Waals surface area contributed by atoms with Gasteiger partial charge in [0, 0.05) is 31.4 Å². The molecule has 98 valence electrons. The summed E-state index contributed by atoms with van der Waals surface area (Å²) in [5.41, 5.74) is 5.60. The number of amides is 2. The Bertz CT molecular complexity index is 433. The largest absolute Gasteiger partial charge is 0.382 e. The van der Waals surface area contributed by atoms with Gasteiger partial charge in [-0.2, -0.15) is 0 Å². The summed E-state index contributed by atoms with van der Waals surface area (Å²) in [5.74, 6) is -0.444. The van der Waals surface area contributed by atoms with Gasteiger partial charge in [-0.15, -0.1) is 0 Å². The third-order valence-electron chi connectivity index (χ3n) is 2.18. The zero-order valence-electron chi connectivity index (χ0n) is 10.4. The van der Waals surface area contributed by atoms with E-state index in [9.17, 15) is 9.59 Å². The van der Waals surface area contributed by atoms with E-state index in [2.05, 4.69) is 20.6 Å². The Morgan fingerprint density at radius 1 is 1.22 bits per heavy atom. The first-order valence-corrected chi connectivity index (χ1v) is 5.64. The zero-order chi connectivity index (χ0) is 13.5. The molecular weight excluding hydrogens is 234 g/mol. The number of nitrogens with two attached hydrogens (primary N) is 1. The predicted molar refractivity (Wildman–Crippen MR) is 66.6 cm³/mol. The monoisotopic (exact) mass is 251 g/mol. The number of nitrogen functional groups attached to an aromatic ring is 1.